The van der Waals surface area contributed by atoms with Gasteiger partial charge in [-0.2, -0.15) is 0 Å². The van der Waals surface area contributed by atoms with Crippen molar-refractivity contribution in [1.29, 1.82) is 0 Å². The van der Waals surface area contributed by atoms with Gasteiger partial charge < -0.3 is 15.3 Å². The number of rotatable bonds is 3. The average Bonchev–Trinajstić information content (AvgIpc) is 2.34. The van der Waals surface area contributed by atoms with E-state index in [2.05, 4.69) is 5.32 Å². The van der Waals surface area contributed by atoms with Crippen LogP contribution in [0.5, 0.6) is 0 Å². The molecule has 1 aliphatic rings. The minimum atomic E-state index is -0.982. The number of carbonyl (C=O) groups is 2. The van der Waals surface area contributed by atoms with E-state index in [0.717, 1.165) is 23.4 Å². The lowest BCUT2D eigenvalue weighted by molar-refractivity contribution is -0.138. The van der Waals surface area contributed by atoms with Crippen LogP contribution < -0.4 is 10.2 Å². The molecular formula is C13H16N2O3. The highest BCUT2D eigenvalue weighted by molar-refractivity contribution is 6.06. The minimum absolute atomic E-state index is 0.203. The molecule has 1 atom stereocenters. The van der Waals surface area contributed by atoms with Gasteiger partial charge in [-0.05, 0) is 18.1 Å². The molecular weight excluding hydrogens is 232 g/mol. The summed E-state index contributed by atoms with van der Waals surface area (Å²) in [5, 5.41) is 11.8. The molecule has 0 fully saturated rings. The second-order valence-corrected chi connectivity index (χ2v) is 4.36. The summed E-state index contributed by atoms with van der Waals surface area (Å²) in [6, 6.07) is 5.06. The van der Waals surface area contributed by atoms with Gasteiger partial charge in [0.05, 0.1) is 17.8 Å². The van der Waals surface area contributed by atoms with Gasteiger partial charge in [-0.15, -0.1) is 0 Å². The third-order valence-corrected chi connectivity index (χ3v) is 3.17. The summed E-state index contributed by atoms with van der Waals surface area (Å²) < 4.78 is 0. The largest absolute Gasteiger partial charge is 0.481 e. The second-order valence-electron chi connectivity index (χ2n) is 4.36. The number of nitrogens with zero attached hydrogens (tertiary/aromatic N) is 1. The van der Waals surface area contributed by atoms with E-state index in [9.17, 15) is 9.59 Å². The molecule has 1 aromatic carbocycles. The number of likely N-dealkylation sites (N-methyl/N-ethyl adjacent to an activating group) is 1. The summed E-state index contributed by atoms with van der Waals surface area (Å²) in [6.45, 7) is 2.03. The van der Waals surface area contributed by atoms with Gasteiger partial charge in [0.25, 0.3) is 0 Å². The number of carbonyl (C=O) groups excluding carboxylic acids is 1. The van der Waals surface area contributed by atoms with Crippen molar-refractivity contribution in [3.8, 4) is 0 Å². The van der Waals surface area contributed by atoms with E-state index in [-0.39, 0.29) is 12.3 Å². The fraction of sp³-hybridized carbons (Fsp3) is 0.385. The maximum absolute atomic E-state index is 12.1. The van der Waals surface area contributed by atoms with Crippen LogP contribution in [0, 0.1) is 0 Å². The Kier molecular flexibility index (Phi) is 3.23. The Morgan fingerprint density at radius 2 is 2.22 bits per heavy atom. The summed E-state index contributed by atoms with van der Waals surface area (Å²) in [6.07, 6.45) is 0.616. The topological polar surface area (TPSA) is 69.6 Å². The zero-order valence-electron chi connectivity index (χ0n) is 10.4. The maximum Gasteiger partial charge on any atom is 0.305 e. The van der Waals surface area contributed by atoms with E-state index in [1.54, 1.807) is 11.9 Å². The van der Waals surface area contributed by atoms with E-state index in [1.807, 2.05) is 25.1 Å². The third kappa shape index (κ3) is 2.03. The molecule has 18 heavy (non-hydrogen) atoms. The molecule has 0 spiro atoms. The van der Waals surface area contributed by atoms with Crippen LogP contribution in [0.2, 0.25) is 0 Å². The Balaban J connectivity index is 2.40. The number of aliphatic carboxylic acids is 1. The zero-order valence-corrected chi connectivity index (χ0v) is 10.4. The SMILES string of the molecule is CCc1cccc2c1N(C)C(=O)C(CC(=O)O)N2. The smallest absolute Gasteiger partial charge is 0.305 e. The van der Waals surface area contributed by atoms with E-state index in [4.69, 9.17) is 5.11 Å². The molecule has 1 unspecified atom stereocenters. The van der Waals surface area contributed by atoms with Gasteiger partial charge in [-0.3, -0.25) is 9.59 Å². The van der Waals surface area contributed by atoms with Gasteiger partial charge in [0.15, 0.2) is 0 Å². The number of fused-ring (bicyclic) bond motifs is 1. The lowest BCUT2D eigenvalue weighted by Crippen LogP contribution is -2.46. The number of carboxylic acid groups (broad SMARTS) is 1. The van der Waals surface area contributed by atoms with Crippen LogP contribution in [0.15, 0.2) is 18.2 Å². The third-order valence-electron chi connectivity index (χ3n) is 3.17. The Morgan fingerprint density at radius 1 is 1.50 bits per heavy atom. The van der Waals surface area contributed by atoms with E-state index in [0.29, 0.717) is 0 Å². The van der Waals surface area contributed by atoms with Crippen molar-refractivity contribution in [2.75, 3.05) is 17.3 Å². The monoisotopic (exact) mass is 248 g/mol. The van der Waals surface area contributed by atoms with Crippen LogP contribution in [0.3, 0.4) is 0 Å². The molecule has 5 nitrogen and oxygen atoms in total. The number of para-hydroxylation sites is 1. The Hall–Kier alpha value is -2.04. The Morgan fingerprint density at radius 3 is 2.83 bits per heavy atom. The molecule has 1 heterocycles. The lowest BCUT2D eigenvalue weighted by Gasteiger charge is -2.33. The fourth-order valence-corrected chi connectivity index (χ4v) is 2.30. The number of nitrogens with one attached hydrogen (secondary N) is 1. The van der Waals surface area contributed by atoms with Gasteiger partial charge in [0, 0.05) is 7.05 Å². The van der Waals surface area contributed by atoms with Crippen LogP contribution in [-0.2, 0) is 16.0 Å². The van der Waals surface area contributed by atoms with Crippen molar-refractivity contribution in [3.63, 3.8) is 0 Å². The first-order chi connectivity index (χ1) is 8.54. The van der Waals surface area contributed by atoms with Crippen molar-refractivity contribution < 1.29 is 14.7 Å². The highest BCUT2D eigenvalue weighted by atomic mass is 16.4. The summed E-state index contributed by atoms with van der Waals surface area (Å²) >= 11 is 0. The second kappa shape index (κ2) is 4.68. The molecule has 0 aromatic heterocycles. The molecule has 5 heteroatoms. The Bertz CT molecular complexity index is 499. The molecule has 2 rings (SSSR count). The van der Waals surface area contributed by atoms with Crippen LogP contribution in [0.4, 0.5) is 11.4 Å². The number of anilines is 2. The first-order valence-corrected chi connectivity index (χ1v) is 5.92. The summed E-state index contributed by atoms with van der Waals surface area (Å²) in [5.74, 6) is -1.19. The fourth-order valence-electron chi connectivity index (χ4n) is 2.30. The summed E-state index contributed by atoms with van der Waals surface area (Å²) in [7, 11) is 1.69. The predicted molar refractivity (Wildman–Crippen MR) is 68.9 cm³/mol. The first kappa shape index (κ1) is 12.4. The molecule has 1 aliphatic heterocycles. The minimum Gasteiger partial charge on any atom is -0.481 e. The highest BCUT2D eigenvalue weighted by Crippen LogP contribution is 2.34. The molecule has 1 amide bonds. The Labute approximate surface area is 105 Å². The molecule has 0 saturated carbocycles. The number of hydrogen-bond acceptors (Lipinski definition) is 3. The van der Waals surface area contributed by atoms with Crippen LogP contribution >= 0.6 is 0 Å². The van der Waals surface area contributed by atoms with Gasteiger partial charge >= 0.3 is 5.97 Å². The van der Waals surface area contributed by atoms with Crippen LogP contribution in [-0.4, -0.2) is 30.1 Å². The van der Waals surface area contributed by atoms with Crippen molar-refractivity contribution in [3.05, 3.63) is 23.8 Å². The van der Waals surface area contributed by atoms with Crippen molar-refractivity contribution in [2.24, 2.45) is 0 Å². The number of carboxylic acids is 1. The molecule has 0 saturated heterocycles. The number of aryl methyl sites for hydroxylation is 1. The number of hydrogen-bond donors (Lipinski definition) is 2. The highest BCUT2D eigenvalue weighted by Gasteiger charge is 2.32. The molecule has 96 valence electrons. The van der Waals surface area contributed by atoms with E-state index < -0.39 is 12.0 Å². The van der Waals surface area contributed by atoms with Crippen LogP contribution in [0.1, 0.15) is 18.9 Å². The van der Waals surface area contributed by atoms with Gasteiger partial charge in [-0.25, -0.2) is 0 Å². The standard InChI is InChI=1S/C13H16N2O3/c1-3-8-5-4-6-9-12(8)15(2)13(18)10(14-9)7-11(16)17/h4-6,10,14H,3,7H2,1-2H3,(H,16,17). The average molecular weight is 248 g/mol. The summed E-state index contributed by atoms with van der Waals surface area (Å²) in [5.41, 5.74) is 2.75. The van der Waals surface area contributed by atoms with Gasteiger partial charge in [-0.1, -0.05) is 19.1 Å². The molecule has 2 N–H and O–H groups in total. The molecule has 0 radical (unpaired) electrons. The zero-order chi connectivity index (χ0) is 13.3. The normalized spacial score (nSPS) is 18.2. The number of amides is 1. The number of benzene rings is 1. The molecule has 0 aliphatic carbocycles. The predicted octanol–water partition coefficient (Wildman–Crippen LogP) is 1.48. The molecule has 0 bridgehead atoms. The summed E-state index contributed by atoms with van der Waals surface area (Å²) in [4.78, 5) is 24.4. The van der Waals surface area contributed by atoms with E-state index >= 15 is 0 Å². The van der Waals surface area contributed by atoms with Gasteiger partial charge in [0.2, 0.25) is 5.91 Å². The van der Waals surface area contributed by atoms with Crippen LogP contribution in [0.25, 0.3) is 0 Å². The lowest BCUT2D eigenvalue weighted by atomic mass is 10.0. The van der Waals surface area contributed by atoms with E-state index in [1.165, 1.54) is 0 Å². The maximum atomic E-state index is 12.1. The van der Waals surface area contributed by atoms with Crippen molar-refractivity contribution >= 4 is 23.3 Å². The van der Waals surface area contributed by atoms with Gasteiger partial charge in [0.1, 0.15) is 6.04 Å². The first-order valence-electron chi connectivity index (χ1n) is 5.92. The quantitative estimate of drug-likeness (QED) is 0.850. The molecule has 1 aromatic rings. The van der Waals surface area contributed by atoms with Crippen molar-refractivity contribution in [1.82, 2.24) is 0 Å². The van der Waals surface area contributed by atoms with Crippen molar-refractivity contribution in [2.45, 2.75) is 25.8 Å².